The molecule has 3 nitrogen and oxygen atoms in total. The van der Waals surface area contributed by atoms with Crippen molar-refractivity contribution in [2.24, 2.45) is 0 Å². The molecule has 0 aromatic heterocycles. The second-order valence-electron chi connectivity index (χ2n) is 5.68. The maximum atomic E-state index is 13.2. The molecule has 5 heteroatoms. The average molecular weight is 310 g/mol. The van der Waals surface area contributed by atoms with Gasteiger partial charge in [-0.2, -0.15) is 11.8 Å². The average Bonchev–Trinajstić information content (AvgIpc) is 2.50. The molecule has 0 aliphatic carbocycles. The van der Waals surface area contributed by atoms with Crippen LogP contribution in [0.4, 0.5) is 4.39 Å². The normalized spacial score (nSPS) is 24.7. The lowest BCUT2D eigenvalue weighted by molar-refractivity contribution is -0.116. The zero-order chi connectivity index (χ0) is 14.7. The second kappa shape index (κ2) is 6.36. The number of ether oxygens (including phenoxy) is 2. The van der Waals surface area contributed by atoms with Gasteiger partial charge in [0, 0.05) is 12.8 Å². The molecule has 2 aliphatic rings. The van der Waals surface area contributed by atoms with Crippen molar-refractivity contribution < 1.29 is 18.7 Å². The minimum Gasteiger partial charge on any atom is -0.489 e. The van der Waals surface area contributed by atoms with E-state index in [1.807, 2.05) is 11.8 Å². The van der Waals surface area contributed by atoms with E-state index >= 15 is 0 Å². The summed E-state index contributed by atoms with van der Waals surface area (Å²) in [6.07, 6.45) is 4.45. The van der Waals surface area contributed by atoms with E-state index in [0.29, 0.717) is 18.6 Å². The lowest BCUT2D eigenvalue weighted by Crippen LogP contribution is -2.46. The first-order valence-corrected chi connectivity index (χ1v) is 8.49. The number of thioether (sulfide) groups is 1. The summed E-state index contributed by atoms with van der Waals surface area (Å²) in [5, 5.41) is 0. The Morgan fingerprint density at radius 3 is 2.95 bits per heavy atom. The summed E-state index contributed by atoms with van der Waals surface area (Å²) in [7, 11) is 0. The van der Waals surface area contributed by atoms with Crippen molar-refractivity contribution in [3.05, 3.63) is 29.6 Å². The number of halogens is 1. The van der Waals surface area contributed by atoms with Gasteiger partial charge in [0.2, 0.25) is 0 Å². The van der Waals surface area contributed by atoms with E-state index in [1.54, 1.807) is 0 Å². The molecule has 0 amide bonds. The number of carbonyl (C=O) groups is 1. The van der Waals surface area contributed by atoms with Gasteiger partial charge in [-0.05, 0) is 42.5 Å². The molecule has 2 aliphatic heterocycles. The third-order valence-corrected chi connectivity index (χ3v) is 5.23. The Labute approximate surface area is 128 Å². The highest BCUT2D eigenvalue weighted by Gasteiger charge is 2.39. The van der Waals surface area contributed by atoms with E-state index in [4.69, 9.17) is 9.47 Å². The summed E-state index contributed by atoms with van der Waals surface area (Å²) < 4.78 is 25.2. The SMILES string of the molecule is O=Cc1cc(F)ccc1OC1CCOC2(CCSCC2)C1. The number of benzene rings is 1. The highest BCUT2D eigenvalue weighted by molar-refractivity contribution is 7.99. The van der Waals surface area contributed by atoms with Crippen LogP contribution in [-0.2, 0) is 4.74 Å². The lowest BCUT2D eigenvalue weighted by Gasteiger charge is -2.43. The first-order valence-electron chi connectivity index (χ1n) is 7.34. The van der Waals surface area contributed by atoms with Crippen molar-refractivity contribution in [2.75, 3.05) is 18.1 Å². The smallest absolute Gasteiger partial charge is 0.153 e. The Morgan fingerprint density at radius 1 is 1.38 bits per heavy atom. The van der Waals surface area contributed by atoms with Crippen LogP contribution in [0.15, 0.2) is 18.2 Å². The minimum absolute atomic E-state index is 0.0333. The van der Waals surface area contributed by atoms with Crippen molar-refractivity contribution in [1.29, 1.82) is 0 Å². The quantitative estimate of drug-likeness (QED) is 0.801. The van der Waals surface area contributed by atoms with E-state index in [-0.39, 0.29) is 17.3 Å². The van der Waals surface area contributed by atoms with E-state index in [2.05, 4.69) is 0 Å². The van der Waals surface area contributed by atoms with Crippen molar-refractivity contribution in [2.45, 2.75) is 37.4 Å². The van der Waals surface area contributed by atoms with E-state index < -0.39 is 5.82 Å². The van der Waals surface area contributed by atoms with Crippen LogP contribution in [0.25, 0.3) is 0 Å². The van der Waals surface area contributed by atoms with Crippen LogP contribution in [0.5, 0.6) is 5.75 Å². The van der Waals surface area contributed by atoms with Crippen LogP contribution in [0.3, 0.4) is 0 Å². The third kappa shape index (κ3) is 3.40. The Hall–Kier alpha value is -1.07. The maximum Gasteiger partial charge on any atom is 0.153 e. The third-order valence-electron chi connectivity index (χ3n) is 4.24. The molecule has 1 atom stereocenters. The molecule has 1 aromatic rings. The highest BCUT2D eigenvalue weighted by atomic mass is 32.2. The molecule has 114 valence electrons. The molecule has 1 spiro atoms. The molecule has 0 radical (unpaired) electrons. The molecular formula is C16H19FO3S. The number of aldehydes is 1. The fourth-order valence-electron chi connectivity index (χ4n) is 3.07. The molecule has 0 N–H and O–H groups in total. The molecular weight excluding hydrogens is 291 g/mol. The van der Waals surface area contributed by atoms with E-state index in [0.717, 1.165) is 37.2 Å². The van der Waals surface area contributed by atoms with Gasteiger partial charge >= 0.3 is 0 Å². The molecule has 21 heavy (non-hydrogen) atoms. The molecule has 2 saturated heterocycles. The number of hydrogen-bond donors (Lipinski definition) is 0. The Morgan fingerprint density at radius 2 is 2.19 bits per heavy atom. The summed E-state index contributed by atoms with van der Waals surface area (Å²) in [6.45, 7) is 0.687. The fourth-order valence-corrected chi connectivity index (χ4v) is 4.31. The van der Waals surface area contributed by atoms with Crippen LogP contribution in [0.1, 0.15) is 36.0 Å². The van der Waals surface area contributed by atoms with E-state index in [9.17, 15) is 9.18 Å². The highest BCUT2D eigenvalue weighted by Crippen LogP contribution is 2.38. The van der Waals surface area contributed by atoms with Crippen molar-refractivity contribution in [1.82, 2.24) is 0 Å². The first kappa shape index (κ1) is 14.9. The van der Waals surface area contributed by atoms with Crippen molar-refractivity contribution in [3.63, 3.8) is 0 Å². The summed E-state index contributed by atoms with van der Waals surface area (Å²) in [4.78, 5) is 11.0. The van der Waals surface area contributed by atoms with Crippen LogP contribution in [0.2, 0.25) is 0 Å². The second-order valence-corrected chi connectivity index (χ2v) is 6.90. The number of rotatable bonds is 3. The van der Waals surface area contributed by atoms with Gasteiger partial charge in [-0.15, -0.1) is 0 Å². The fraction of sp³-hybridized carbons (Fsp3) is 0.562. The molecule has 1 unspecified atom stereocenters. The van der Waals surface area contributed by atoms with Gasteiger partial charge in [0.25, 0.3) is 0 Å². The van der Waals surface area contributed by atoms with Gasteiger partial charge in [0.1, 0.15) is 17.7 Å². The van der Waals surface area contributed by atoms with Gasteiger partial charge in [-0.1, -0.05) is 0 Å². The predicted molar refractivity (Wildman–Crippen MR) is 80.7 cm³/mol. The van der Waals surface area contributed by atoms with Crippen LogP contribution in [0, 0.1) is 5.82 Å². The largest absolute Gasteiger partial charge is 0.489 e. The van der Waals surface area contributed by atoms with Gasteiger partial charge in [-0.25, -0.2) is 4.39 Å². The molecule has 0 bridgehead atoms. The van der Waals surface area contributed by atoms with Crippen LogP contribution in [-0.4, -0.2) is 36.1 Å². The molecule has 0 saturated carbocycles. The summed E-state index contributed by atoms with van der Waals surface area (Å²) in [5.74, 6) is 2.31. The summed E-state index contributed by atoms with van der Waals surface area (Å²) in [6, 6.07) is 4.08. The zero-order valence-electron chi connectivity index (χ0n) is 11.8. The van der Waals surface area contributed by atoms with Gasteiger partial charge < -0.3 is 9.47 Å². The number of carbonyl (C=O) groups excluding carboxylic acids is 1. The first-order chi connectivity index (χ1) is 10.2. The van der Waals surface area contributed by atoms with Crippen LogP contribution < -0.4 is 4.74 Å². The summed E-state index contributed by atoms with van der Waals surface area (Å²) in [5.41, 5.74) is 0.213. The van der Waals surface area contributed by atoms with Crippen molar-refractivity contribution in [3.8, 4) is 5.75 Å². The van der Waals surface area contributed by atoms with E-state index in [1.165, 1.54) is 18.2 Å². The predicted octanol–water partition coefficient (Wildman–Crippen LogP) is 3.46. The monoisotopic (exact) mass is 310 g/mol. The maximum absolute atomic E-state index is 13.2. The summed E-state index contributed by atoms with van der Waals surface area (Å²) >= 11 is 1.97. The Bertz CT molecular complexity index is 509. The Kier molecular flexibility index (Phi) is 4.50. The van der Waals surface area contributed by atoms with Crippen LogP contribution >= 0.6 is 11.8 Å². The van der Waals surface area contributed by atoms with Gasteiger partial charge in [-0.3, -0.25) is 4.79 Å². The van der Waals surface area contributed by atoms with Gasteiger partial charge in [0.05, 0.1) is 17.8 Å². The molecule has 2 heterocycles. The Balaban J connectivity index is 1.71. The molecule has 3 rings (SSSR count). The lowest BCUT2D eigenvalue weighted by atomic mass is 9.86. The molecule has 2 fully saturated rings. The topological polar surface area (TPSA) is 35.5 Å². The molecule has 1 aromatic carbocycles. The number of hydrogen-bond acceptors (Lipinski definition) is 4. The minimum atomic E-state index is -0.419. The van der Waals surface area contributed by atoms with Gasteiger partial charge in [0.15, 0.2) is 6.29 Å². The zero-order valence-corrected chi connectivity index (χ0v) is 12.7. The van der Waals surface area contributed by atoms with Crippen molar-refractivity contribution >= 4 is 18.0 Å². The standard InChI is InChI=1S/C16H19FO3S/c17-13-1-2-15(12(9-13)11-18)20-14-3-6-19-16(10-14)4-7-21-8-5-16/h1-2,9,11,14H,3-8,10H2.